The molecule has 1 aromatic heterocycles. The molecule has 0 aromatic carbocycles. The van der Waals surface area contributed by atoms with Gasteiger partial charge in [0.2, 0.25) is 0 Å². The second-order valence-corrected chi connectivity index (χ2v) is 4.96. The zero-order valence-electron chi connectivity index (χ0n) is 12.0. The number of likely N-dealkylation sites (N-methyl/N-ethyl adjacent to an activating group) is 1. The van der Waals surface area contributed by atoms with Crippen LogP contribution in [0.2, 0.25) is 0 Å². The first-order valence-corrected chi connectivity index (χ1v) is 6.42. The van der Waals surface area contributed by atoms with Gasteiger partial charge in [-0.2, -0.15) is 0 Å². The first-order chi connectivity index (χ1) is 8.39. The van der Waals surface area contributed by atoms with Crippen LogP contribution < -0.4 is 10.2 Å². The first kappa shape index (κ1) is 14.7. The molecule has 18 heavy (non-hydrogen) atoms. The normalized spacial score (nSPS) is 11.4. The lowest BCUT2D eigenvalue weighted by Gasteiger charge is -2.29. The molecule has 0 fully saturated rings. The highest BCUT2D eigenvalue weighted by Gasteiger charge is 2.19. The number of anilines is 2. The molecule has 0 atom stereocenters. The summed E-state index contributed by atoms with van der Waals surface area (Å²) in [5, 5.41) is 13.0. The summed E-state index contributed by atoms with van der Waals surface area (Å²) < 4.78 is 0. The molecule has 5 nitrogen and oxygen atoms in total. The molecule has 0 aliphatic rings. The van der Waals surface area contributed by atoms with Crippen molar-refractivity contribution in [3.05, 3.63) is 11.9 Å². The van der Waals surface area contributed by atoms with E-state index in [-0.39, 0.29) is 0 Å². The summed E-state index contributed by atoms with van der Waals surface area (Å²) in [6.45, 7) is 9.04. The van der Waals surface area contributed by atoms with Crippen LogP contribution in [0.25, 0.3) is 0 Å². The molecule has 0 aliphatic carbocycles. The molecule has 0 aliphatic heterocycles. The predicted molar refractivity (Wildman–Crippen MR) is 75.1 cm³/mol. The molecule has 0 radical (unpaired) electrons. The number of aromatic nitrogens is 2. The van der Waals surface area contributed by atoms with Gasteiger partial charge >= 0.3 is 0 Å². The summed E-state index contributed by atoms with van der Waals surface area (Å²) in [5.41, 5.74) is -0.743. The standard InChI is InChI=1S/C13H24N4O/c1-6-10-15-11(14-5)8-12(16-10)17(7-2)9-13(3,4)18/h8,18H,6-7,9H2,1-5H3,(H,14,15,16). The lowest BCUT2D eigenvalue weighted by atomic mass is 10.1. The summed E-state index contributed by atoms with van der Waals surface area (Å²) in [7, 11) is 1.85. The average Bonchev–Trinajstić information content (AvgIpc) is 2.34. The Labute approximate surface area is 109 Å². The van der Waals surface area contributed by atoms with Crippen molar-refractivity contribution in [2.75, 3.05) is 30.4 Å². The molecule has 102 valence electrons. The molecule has 5 heteroatoms. The Kier molecular flexibility index (Phi) is 4.90. The first-order valence-electron chi connectivity index (χ1n) is 6.42. The molecule has 0 bridgehead atoms. The van der Waals surface area contributed by atoms with Crippen molar-refractivity contribution in [1.29, 1.82) is 0 Å². The van der Waals surface area contributed by atoms with Gasteiger partial charge in [0.25, 0.3) is 0 Å². The number of nitrogens with one attached hydrogen (secondary N) is 1. The molecule has 1 aromatic rings. The van der Waals surface area contributed by atoms with Crippen LogP contribution in [-0.2, 0) is 6.42 Å². The van der Waals surface area contributed by atoms with Gasteiger partial charge in [0.15, 0.2) is 0 Å². The molecule has 0 unspecified atom stereocenters. The van der Waals surface area contributed by atoms with Crippen LogP contribution in [0.15, 0.2) is 6.07 Å². The monoisotopic (exact) mass is 252 g/mol. The third-order valence-corrected chi connectivity index (χ3v) is 2.61. The lowest BCUT2D eigenvalue weighted by molar-refractivity contribution is 0.0874. The van der Waals surface area contributed by atoms with E-state index < -0.39 is 5.60 Å². The third kappa shape index (κ3) is 4.14. The summed E-state index contributed by atoms with van der Waals surface area (Å²) in [5.74, 6) is 2.48. The maximum Gasteiger partial charge on any atom is 0.134 e. The molecule has 2 N–H and O–H groups in total. The maximum absolute atomic E-state index is 9.93. The zero-order valence-corrected chi connectivity index (χ0v) is 12.0. The van der Waals surface area contributed by atoms with Crippen LogP contribution in [0, 0.1) is 0 Å². The van der Waals surface area contributed by atoms with E-state index in [1.54, 1.807) is 13.8 Å². The SMILES string of the molecule is CCc1nc(NC)cc(N(CC)CC(C)(C)O)n1. The van der Waals surface area contributed by atoms with Gasteiger partial charge in [-0.1, -0.05) is 6.92 Å². The Hall–Kier alpha value is -1.36. The van der Waals surface area contributed by atoms with E-state index in [9.17, 15) is 5.11 Å². The van der Waals surface area contributed by atoms with Crippen LogP contribution in [0.5, 0.6) is 0 Å². The van der Waals surface area contributed by atoms with Crippen molar-refractivity contribution in [2.45, 2.75) is 39.7 Å². The highest BCUT2D eigenvalue weighted by Crippen LogP contribution is 2.18. The summed E-state index contributed by atoms with van der Waals surface area (Å²) in [4.78, 5) is 10.9. The topological polar surface area (TPSA) is 61.3 Å². The van der Waals surface area contributed by atoms with Gasteiger partial charge in [0, 0.05) is 32.6 Å². The Balaban J connectivity index is 3.04. The second-order valence-electron chi connectivity index (χ2n) is 4.96. The van der Waals surface area contributed by atoms with Crippen molar-refractivity contribution in [3.8, 4) is 0 Å². The van der Waals surface area contributed by atoms with E-state index in [4.69, 9.17) is 0 Å². The maximum atomic E-state index is 9.93. The van der Waals surface area contributed by atoms with Crippen LogP contribution in [0.4, 0.5) is 11.6 Å². The lowest BCUT2D eigenvalue weighted by Crippen LogP contribution is -2.39. The molecule has 1 heterocycles. The van der Waals surface area contributed by atoms with Gasteiger partial charge < -0.3 is 15.3 Å². The van der Waals surface area contributed by atoms with E-state index in [0.717, 1.165) is 30.4 Å². The van der Waals surface area contributed by atoms with E-state index in [2.05, 4.69) is 27.1 Å². The minimum atomic E-state index is -0.743. The van der Waals surface area contributed by atoms with E-state index in [1.165, 1.54) is 0 Å². The number of rotatable bonds is 6. The Morgan fingerprint density at radius 1 is 1.33 bits per heavy atom. The van der Waals surface area contributed by atoms with Gasteiger partial charge in [-0.15, -0.1) is 0 Å². The fourth-order valence-electron chi connectivity index (χ4n) is 1.75. The third-order valence-electron chi connectivity index (χ3n) is 2.61. The number of aliphatic hydroxyl groups is 1. The summed E-state index contributed by atoms with van der Waals surface area (Å²) in [6, 6.07) is 1.91. The minimum absolute atomic E-state index is 0.548. The Morgan fingerprint density at radius 2 is 2.00 bits per heavy atom. The van der Waals surface area contributed by atoms with Crippen molar-refractivity contribution < 1.29 is 5.11 Å². The van der Waals surface area contributed by atoms with Gasteiger partial charge in [-0.05, 0) is 20.8 Å². The number of nitrogens with zero attached hydrogens (tertiary/aromatic N) is 3. The van der Waals surface area contributed by atoms with Crippen LogP contribution in [-0.4, -0.2) is 40.8 Å². The summed E-state index contributed by atoms with van der Waals surface area (Å²) in [6.07, 6.45) is 0.794. The Bertz CT molecular complexity index is 365. The Morgan fingerprint density at radius 3 is 2.44 bits per heavy atom. The molecule has 0 saturated heterocycles. The number of aryl methyl sites for hydroxylation is 1. The fourth-order valence-corrected chi connectivity index (χ4v) is 1.75. The van der Waals surface area contributed by atoms with Crippen LogP contribution >= 0.6 is 0 Å². The van der Waals surface area contributed by atoms with Crippen LogP contribution in [0.1, 0.15) is 33.5 Å². The molecular weight excluding hydrogens is 228 g/mol. The van der Waals surface area contributed by atoms with Gasteiger partial charge in [-0.3, -0.25) is 0 Å². The van der Waals surface area contributed by atoms with Crippen LogP contribution in [0.3, 0.4) is 0 Å². The molecule has 0 amide bonds. The van der Waals surface area contributed by atoms with Gasteiger partial charge in [-0.25, -0.2) is 9.97 Å². The minimum Gasteiger partial charge on any atom is -0.389 e. The van der Waals surface area contributed by atoms with Crippen molar-refractivity contribution in [3.63, 3.8) is 0 Å². The molecule has 0 saturated carbocycles. The average molecular weight is 252 g/mol. The highest BCUT2D eigenvalue weighted by molar-refractivity contribution is 5.49. The summed E-state index contributed by atoms with van der Waals surface area (Å²) >= 11 is 0. The number of hydrogen-bond donors (Lipinski definition) is 2. The second kappa shape index (κ2) is 6.00. The predicted octanol–water partition coefficient (Wildman–Crippen LogP) is 1.68. The molecule has 1 rings (SSSR count). The van der Waals surface area contributed by atoms with Crippen molar-refractivity contribution in [1.82, 2.24) is 9.97 Å². The van der Waals surface area contributed by atoms with Crippen molar-refractivity contribution in [2.24, 2.45) is 0 Å². The van der Waals surface area contributed by atoms with E-state index >= 15 is 0 Å². The molecular formula is C13H24N4O. The number of hydrogen-bond acceptors (Lipinski definition) is 5. The zero-order chi connectivity index (χ0) is 13.8. The highest BCUT2D eigenvalue weighted by atomic mass is 16.3. The van der Waals surface area contributed by atoms with Crippen molar-refractivity contribution >= 4 is 11.6 Å². The fraction of sp³-hybridized carbons (Fsp3) is 0.692. The van der Waals surface area contributed by atoms with Gasteiger partial charge in [0.1, 0.15) is 17.5 Å². The largest absolute Gasteiger partial charge is 0.389 e. The smallest absolute Gasteiger partial charge is 0.134 e. The van der Waals surface area contributed by atoms with Gasteiger partial charge in [0.05, 0.1) is 5.60 Å². The molecule has 0 spiro atoms. The van der Waals surface area contributed by atoms with E-state index in [0.29, 0.717) is 6.54 Å². The van der Waals surface area contributed by atoms with E-state index in [1.807, 2.05) is 20.0 Å². The quantitative estimate of drug-likeness (QED) is 0.806.